The molecule has 0 bridgehead atoms. The molecule has 0 saturated carbocycles. The molecule has 0 aliphatic heterocycles. The Hall–Kier alpha value is -1.91. The van der Waals surface area contributed by atoms with Crippen LogP contribution >= 0.6 is 0 Å². The largest absolute Gasteiger partial charge is 0.455 e. The van der Waals surface area contributed by atoms with Gasteiger partial charge in [-0.1, -0.05) is 6.07 Å². The average molecular weight is 222 g/mol. The molecule has 0 atom stereocenters. The Morgan fingerprint density at radius 3 is 2.31 bits per heavy atom. The third-order valence-corrected chi connectivity index (χ3v) is 1.61. The molecular formula is C11H14N2O3. The van der Waals surface area contributed by atoms with Crippen molar-refractivity contribution in [1.82, 2.24) is 4.98 Å². The summed E-state index contributed by atoms with van der Waals surface area (Å²) >= 11 is 0. The highest BCUT2D eigenvalue weighted by molar-refractivity contribution is 5.93. The number of carbonyl (C=O) groups is 2. The van der Waals surface area contributed by atoms with E-state index in [2.05, 4.69) is 4.98 Å². The van der Waals surface area contributed by atoms with E-state index in [9.17, 15) is 9.59 Å². The number of rotatable bonds is 2. The van der Waals surface area contributed by atoms with Gasteiger partial charge in [0.25, 0.3) is 5.91 Å². The van der Waals surface area contributed by atoms with Crippen LogP contribution in [0.1, 0.15) is 41.7 Å². The predicted molar refractivity (Wildman–Crippen MR) is 57.9 cm³/mol. The first kappa shape index (κ1) is 12.2. The number of amides is 1. The third kappa shape index (κ3) is 3.34. The minimum atomic E-state index is -0.676. The van der Waals surface area contributed by atoms with Gasteiger partial charge in [-0.05, 0) is 32.9 Å². The van der Waals surface area contributed by atoms with E-state index >= 15 is 0 Å². The van der Waals surface area contributed by atoms with Crippen molar-refractivity contribution in [1.29, 1.82) is 0 Å². The van der Waals surface area contributed by atoms with Gasteiger partial charge in [-0.2, -0.15) is 0 Å². The number of pyridine rings is 1. The highest BCUT2D eigenvalue weighted by atomic mass is 16.6. The lowest BCUT2D eigenvalue weighted by atomic mass is 10.2. The maximum Gasteiger partial charge on any atom is 0.357 e. The Kier molecular flexibility index (Phi) is 3.27. The number of hydrogen-bond donors (Lipinski definition) is 1. The molecule has 1 rings (SSSR count). The summed E-state index contributed by atoms with van der Waals surface area (Å²) in [7, 11) is 0. The van der Waals surface area contributed by atoms with E-state index in [0.29, 0.717) is 0 Å². The van der Waals surface area contributed by atoms with Gasteiger partial charge in [-0.3, -0.25) is 4.79 Å². The number of primary amides is 1. The van der Waals surface area contributed by atoms with E-state index < -0.39 is 17.5 Å². The molecule has 1 aromatic rings. The normalized spacial score (nSPS) is 10.9. The van der Waals surface area contributed by atoms with Crippen molar-refractivity contribution in [2.75, 3.05) is 0 Å². The second-order valence-electron chi connectivity index (χ2n) is 4.27. The number of nitrogens with zero attached hydrogens (tertiary/aromatic N) is 1. The molecule has 1 amide bonds. The maximum absolute atomic E-state index is 11.6. The smallest absolute Gasteiger partial charge is 0.357 e. The van der Waals surface area contributed by atoms with Gasteiger partial charge in [0.15, 0.2) is 0 Å². The van der Waals surface area contributed by atoms with E-state index in [-0.39, 0.29) is 11.4 Å². The Morgan fingerprint density at radius 2 is 1.81 bits per heavy atom. The summed E-state index contributed by atoms with van der Waals surface area (Å²) in [6.07, 6.45) is 0. The number of aromatic nitrogens is 1. The fraction of sp³-hybridized carbons (Fsp3) is 0.364. The van der Waals surface area contributed by atoms with Crippen molar-refractivity contribution >= 4 is 11.9 Å². The lowest BCUT2D eigenvalue weighted by Crippen LogP contribution is -2.25. The summed E-state index contributed by atoms with van der Waals surface area (Å²) in [6, 6.07) is 4.45. The quantitative estimate of drug-likeness (QED) is 0.760. The van der Waals surface area contributed by atoms with Crippen molar-refractivity contribution < 1.29 is 14.3 Å². The fourth-order valence-corrected chi connectivity index (χ4v) is 1.02. The first-order chi connectivity index (χ1) is 7.29. The van der Waals surface area contributed by atoms with Gasteiger partial charge in [-0.15, -0.1) is 0 Å². The molecule has 16 heavy (non-hydrogen) atoms. The summed E-state index contributed by atoms with van der Waals surface area (Å²) in [5.41, 5.74) is 4.58. The molecule has 0 aliphatic carbocycles. The summed E-state index contributed by atoms with van der Waals surface area (Å²) < 4.78 is 5.10. The van der Waals surface area contributed by atoms with Crippen molar-refractivity contribution in [3.8, 4) is 0 Å². The van der Waals surface area contributed by atoms with Gasteiger partial charge in [0.05, 0.1) is 0 Å². The first-order valence-electron chi connectivity index (χ1n) is 4.80. The van der Waals surface area contributed by atoms with Gasteiger partial charge in [0.2, 0.25) is 0 Å². The Morgan fingerprint density at radius 1 is 1.25 bits per heavy atom. The van der Waals surface area contributed by atoms with Gasteiger partial charge in [0.1, 0.15) is 17.0 Å². The standard InChI is InChI=1S/C11H14N2O3/c1-11(2,3)16-10(15)8-6-4-5-7(13-8)9(12)14/h4-6H,1-3H3,(H2,12,14). The van der Waals surface area contributed by atoms with Crippen molar-refractivity contribution in [3.63, 3.8) is 0 Å². The second-order valence-corrected chi connectivity index (χ2v) is 4.27. The fourth-order valence-electron chi connectivity index (χ4n) is 1.02. The van der Waals surface area contributed by atoms with Crippen molar-refractivity contribution in [2.24, 2.45) is 5.73 Å². The van der Waals surface area contributed by atoms with E-state index in [1.54, 1.807) is 20.8 Å². The molecule has 1 heterocycles. The molecule has 0 fully saturated rings. The zero-order chi connectivity index (χ0) is 12.3. The lowest BCUT2D eigenvalue weighted by Gasteiger charge is -2.19. The van der Waals surface area contributed by atoms with E-state index in [1.807, 2.05) is 0 Å². The van der Waals surface area contributed by atoms with Gasteiger partial charge in [0, 0.05) is 0 Å². The summed E-state index contributed by atoms with van der Waals surface area (Å²) in [4.78, 5) is 26.3. The van der Waals surface area contributed by atoms with E-state index in [1.165, 1.54) is 18.2 Å². The molecule has 0 saturated heterocycles. The molecular weight excluding hydrogens is 208 g/mol. The van der Waals surface area contributed by atoms with Crippen LogP contribution in [-0.2, 0) is 4.74 Å². The zero-order valence-electron chi connectivity index (χ0n) is 9.48. The highest BCUT2D eigenvalue weighted by Gasteiger charge is 2.19. The molecule has 0 radical (unpaired) electrons. The molecule has 0 aliphatic rings. The molecule has 0 unspecified atom stereocenters. The van der Waals surface area contributed by atoms with Crippen molar-refractivity contribution in [2.45, 2.75) is 26.4 Å². The third-order valence-electron chi connectivity index (χ3n) is 1.61. The van der Waals surface area contributed by atoms with Gasteiger partial charge in [-0.25, -0.2) is 9.78 Å². The number of nitrogens with two attached hydrogens (primary N) is 1. The molecule has 0 spiro atoms. The van der Waals surface area contributed by atoms with Crippen molar-refractivity contribution in [3.05, 3.63) is 29.6 Å². The zero-order valence-corrected chi connectivity index (χ0v) is 9.48. The minimum absolute atomic E-state index is 0.0448. The monoisotopic (exact) mass is 222 g/mol. The molecule has 2 N–H and O–H groups in total. The number of hydrogen-bond acceptors (Lipinski definition) is 4. The van der Waals surface area contributed by atoms with Crippen LogP contribution < -0.4 is 5.73 Å². The Balaban J connectivity index is 2.92. The van der Waals surface area contributed by atoms with Crippen LogP contribution in [0.5, 0.6) is 0 Å². The van der Waals surface area contributed by atoms with Crippen LogP contribution in [0.2, 0.25) is 0 Å². The summed E-state index contributed by atoms with van der Waals surface area (Å²) in [6.45, 7) is 5.26. The minimum Gasteiger partial charge on any atom is -0.455 e. The van der Waals surface area contributed by atoms with Crippen LogP contribution in [-0.4, -0.2) is 22.5 Å². The van der Waals surface area contributed by atoms with Crippen LogP contribution in [0.3, 0.4) is 0 Å². The summed E-state index contributed by atoms with van der Waals surface area (Å²) in [5.74, 6) is -1.25. The molecule has 5 nitrogen and oxygen atoms in total. The topological polar surface area (TPSA) is 82.3 Å². The second kappa shape index (κ2) is 4.30. The van der Waals surface area contributed by atoms with E-state index in [0.717, 1.165) is 0 Å². The molecule has 86 valence electrons. The molecule has 1 aromatic heterocycles. The van der Waals surface area contributed by atoms with Crippen LogP contribution in [0.15, 0.2) is 18.2 Å². The number of esters is 1. The predicted octanol–water partition coefficient (Wildman–Crippen LogP) is 1.14. The number of ether oxygens (including phenoxy) is 1. The highest BCUT2D eigenvalue weighted by Crippen LogP contribution is 2.10. The van der Waals surface area contributed by atoms with E-state index in [4.69, 9.17) is 10.5 Å². The molecule has 5 heteroatoms. The maximum atomic E-state index is 11.6. The molecule has 0 aromatic carbocycles. The average Bonchev–Trinajstić information content (AvgIpc) is 2.15. The van der Waals surface area contributed by atoms with Crippen LogP contribution in [0, 0.1) is 0 Å². The van der Waals surface area contributed by atoms with Crippen LogP contribution in [0.4, 0.5) is 0 Å². The Bertz CT molecular complexity index is 421. The number of carbonyl (C=O) groups excluding carboxylic acids is 2. The first-order valence-corrected chi connectivity index (χ1v) is 4.80. The summed E-state index contributed by atoms with van der Waals surface area (Å²) in [5, 5.41) is 0. The van der Waals surface area contributed by atoms with Gasteiger partial charge >= 0.3 is 5.97 Å². The van der Waals surface area contributed by atoms with Crippen LogP contribution in [0.25, 0.3) is 0 Å². The SMILES string of the molecule is CC(C)(C)OC(=O)c1cccc(C(N)=O)n1. The lowest BCUT2D eigenvalue weighted by molar-refractivity contribution is 0.00628. The van der Waals surface area contributed by atoms with Gasteiger partial charge < -0.3 is 10.5 Å². The Labute approximate surface area is 93.6 Å².